The molecule has 0 saturated carbocycles. The predicted octanol–water partition coefficient (Wildman–Crippen LogP) is 5.04. The lowest BCUT2D eigenvalue weighted by molar-refractivity contribution is 0.301. The fourth-order valence-corrected chi connectivity index (χ4v) is 5.04. The van der Waals surface area contributed by atoms with Crippen LogP contribution in [0.1, 0.15) is 28.7 Å². The van der Waals surface area contributed by atoms with Crippen molar-refractivity contribution in [3.63, 3.8) is 0 Å². The molecular weight excluding hydrogens is 340 g/mol. The molecule has 1 fully saturated rings. The molecule has 0 aromatic heterocycles. The Hall–Kier alpha value is -2.58. The number of anilines is 1. The number of hydrogen-bond acceptors (Lipinski definition) is 2. The summed E-state index contributed by atoms with van der Waals surface area (Å²) in [6, 6.07) is 29.1. The third kappa shape index (κ3) is 3.45. The highest BCUT2D eigenvalue weighted by atomic mass is 15.2. The summed E-state index contributed by atoms with van der Waals surface area (Å²) in [5, 5.41) is 3.51. The Labute approximate surface area is 168 Å². The second-order valence-electron chi connectivity index (χ2n) is 8.44. The number of fused-ring (bicyclic) bond motifs is 1. The first-order valence-corrected chi connectivity index (χ1v) is 10.5. The van der Waals surface area contributed by atoms with E-state index in [-0.39, 0.29) is 5.41 Å². The normalized spacial score (nSPS) is 21.4. The highest BCUT2D eigenvalue weighted by Gasteiger charge is 2.40. The van der Waals surface area contributed by atoms with Gasteiger partial charge in [-0.15, -0.1) is 0 Å². The van der Waals surface area contributed by atoms with Gasteiger partial charge in [-0.25, -0.2) is 0 Å². The first-order chi connectivity index (χ1) is 13.8. The average Bonchev–Trinajstić information content (AvgIpc) is 3.37. The van der Waals surface area contributed by atoms with Crippen LogP contribution >= 0.6 is 0 Å². The van der Waals surface area contributed by atoms with Crippen LogP contribution < -0.4 is 5.32 Å². The van der Waals surface area contributed by atoms with Gasteiger partial charge in [-0.3, -0.25) is 4.90 Å². The summed E-state index contributed by atoms with van der Waals surface area (Å²) in [6.45, 7) is 4.41. The first-order valence-electron chi connectivity index (χ1n) is 10.5. The van der Waals surface area contributed by atoms with Gasteiger partial charge in [-0.05, 0) is 54.1 Å². The van der Waals surface area contributed by atoms with E-state index in [1.807, 2.05) is 0 Å². The van der Waals surface area contributed by atoms with Crippen molar-refractivity contribution in [2.75, 3.05) is 25.0 Å². The Morgan fingerprint density at radius 3 is 2.39 bits per heavy atom. The van der Waals surface area contributed by atoms with E-state index in [0.717, 1.165) is 39.0 Å². The van der Waals surface area contributed by atoms with Crippen molar-refractivity contribution in [1.82, 2.24) is 4.90 Å². The number of likely N-dealkylation sites (tertiary alicyclic amines) is 1. The Morgan fingerprint density at radius 1 is 0.857 bits per heavy atom. The van der Waals surface area contributed by atoms with Gasteiger partial charge in [0.15, 0.2) is 0 Å². The molecule has 3 aromatic carbocycles. The maximum absolute atomic E-state index is 3.51. The molecular formula is C26H28N2. The molecule has 1 N–H and O–H groups in total. The van der Waals surface area contributed by atoms with Crippen LogP contribution in [-0.4, -0.2) is 24.5 Å². The van der Waals surface area contributed by atoms with Gasteiger partial charge in [0.25, 0.3) is 0 Å². The van der Waals surface area contributed by atoms with Gasteiger partial charge in [-0.1, -0.05) is 72.8 Å². The molecule has 1 atom stereocenters. The van der Waals surface area contributed by atoms with Gasteiger partial charge >= 0.3 is 0 Å². The summed E-state index contributed by atoms with van der Waals surface area (Å²) in [5.41, 5.74) is 7.41. The van der Waals surface area contributed by atoms with Crippen molar-refractivity contribution in [2.24, 2.45) is 0 Å². The predicted molar refractivity (Wildman–Crippen MR) is 117 cm³/mol. The van der Waals surface area contributed by atoms with E-state index in [2.05, 4.69) is 89.1 Å². The van der Waals surface area contributed by atoms with Crippen LogP contribution in [0.25, 0.3) is 0 Å². The van der Waals surface area contributed by atoms with Crippen LogP contribution in [0.3, 0.4) is 0 Å². The minimum Gasteiger partial charge on any atom is -0.384 e. The Kier molecular flexibility index (Phi) is 4.66. The maximum atomic E-state index is 3.51. The minimum atomic E-state index is 0.202. The highest BCUT2D eigenvalue weighted by Crippen LogP contribution is 2.40. The van der Waals surface area contributed by atoms with E-state index >= 15 is 0 Å². The molecule has 2 aliphatic rings. The zero-order valence-corrected chi connectivity index (χ0v) is 16.4. The lowest BCUT2D eigenvalue weighted by Gasteiger charge is -2.31. The van der Waals surface area contributed by atoms with Gasteiger partial charge in [0.1, 0.15) is 0 Å². The van der Waals surface area contributed by atoms with Crippen molar-refractivity contribution < 1.29 is 0 Å². The molecule has 2 heteroatoms. The molecule has 1 unspecified atom stereocenters. The molecule has 28 heavy (non-hydrogen) atoms. The van der Waals surface area contributed by atoms with E-state index in [9.17, 15) is 0 Å². The first kappa shape index (κ1) is 17.5. The molecule has 142 valence electrons. The minimum absolute atomic E-state index is 0.202. The molecule has 0 amide bonds. The zero-order chi connectivity index (χ0) is 18.8. The third-order valence-electron chi connectivity index (χ3n) is 6.49. The van der Waals surface area contributed by atoms with Crippen molar-refractivity contribution in [3.05, 3.63) is 101 Å². The Morgan fingerprint density at radius 2 is 1.61 bits per heavy atom. The lowest BCUT2D eigenvalue weighted by atomic mass is 9.74. The number of nitrogens with one attached hydrogen (secondary N) is 1. The summed E-state index contributed by atoms with van der Waals surface area (Å²) in [6.07, 6.45) is 3.49. The molecule has 2 aliphatic heterocycles. The van der Waals surface area contributed by atoms with E-state index in [1.54, 1.807) is 0 Å². The molecule has 0 radical (unpaired) electrons. The number of nitrogens with zero attached hydrogens (tertiary/aromatic N) is 1. The molecule has 5 rings (SSSR count). The lowest BCUT2D eigenvalue weighted by Crippen LogP contribution is -2.33. The number of hydrogen-bond donors (Lipinski definition) is 1. The van der Waals surface area contributed by atoms with Gasteiger partial charge in [0, 0.05) is 30.7 Å². The second kappa shape index (κ2) is 7.44. The maximum Gasteiger partial charge on any atom is 0.0373 e. The Balaban J connectivity index is 1.45. The van der Waals surface area contributed by atoms with Crippen molar-refractivity contribution in [3.8, 4) is 0 Å². The molecule has 0 spiro atoms. The van der Waals surface area contributed by atoms with Crippen LogP contribution in [0.2, 0.25) is 0 Å². The average molecular weight is 369 g/mol. The quantitative estimate of drug-likeness (QED) is 0.679. The summed E-state index contributed by atoms with van der Waals surface area (Å²) >= 11 is 0. The second-order valence-corrected chi connectivity index (χ2v) is 8.44. The summed E-state index contributed by atoms with van der Waals surface area (Å²) in [5.74, 6) is 0. The molecule has 2 nitrogen and oxygen atoms in total. The van der Waals surface area contributed by atoms with Crippen molar-refractivity contribution in [1.29, 1.82) is 0 Å². The van der Waals surface area contributed by atoms with Crippen molar-refractivity contribution in [2.45, 2.75) is 31.2 Å². The van der Waals surface area contributed by atoms with Crippen LogP contribution in [0.5, 0.6) is 0 Å². The fourth-order valence-electron chi connectivity index (χ4n) is 5.04. The fraction of sp³-hybridized carbons (Fsp3) is 0.308. The van der Waals surface area contributed by atoms with Crippen LogP contribution in [-0.2, 0) is 24.8 Å². The van der Waals surface area contributed by atoms with Crippen LogP contribution in [0.4, 0.5) is 5.69 Å². The van der Waals surface area contributed by atoms with Crippen molar-refractivity contribution >= 4 is 5.69 Å². The largest absolute Gasteiger partial charge is 0.384 e. The summed E-state index contributed by atoms with van der Waals surface area (Å²) < 4.78 is 0. The van der Waals surface area contributed by atoms with Gasteiger partial charge in [0.2, 0.25) is 0 Å². The van der Waals surface area contributed by atoms with E-state index < -0.39 is 0 Å². The molecule has 1 saturated heterocycles. The van der Waals surface area contributed by atoms with E-state index in [4.69, 9.17) is 0 Å². The monoisotopic (exact) mass is 368 g/mol. The van der Waals surface area contributed by atoms with Gasteiger partial charge < -0.3 is 5.32 Å². The standard InChI is InChI=1S/C26H28N2/c1-3-7-21(8-4-1)18-26(24-11-12-25-23(17-24)13-15-27-25)14-16-28(20-26)19-22-9-5-2-6-10-22/h1-12,17,27H,13-16,18-20H2. The van der Waals surface area contributed by atoms with Gasteiger partial charge in [-0.2, -0.15) is 0 Å². The molecule has 3 aromatic rings. The SMILES string of the molecule is c1ccc(CN2CCC(Cc3ccccc3)(c3ccc4c(c3)CCN4)C2)cc1. The zero-order valence-electron chi connectivity index (χ0n) is 16.4. The Bertz CT molecular complexity index is 935. The van der Waals surface area contributed by atoms with E-state index in [0.29, 0.717) is 0 Å². The van der Waals surface area contributed by atoms with Gasteiger partial charge in [0.05, 0.1) is 0 Å². The van der Waals surface area contributed by atoms with Crippen LogP contribution in [0.15, 0.2) is 78.9 Å². The summed E-state index contributed by atoms with van der Waals surface area (Å²) in [4.78, 5) is 2.64. The third-order valence-corrected chi connectivity index (χ3v) is 6.49. The topological polar surface area (TPSA) is 15.3 Å². The molecule has 0 bridgehead atoms. The number of rotatable bonds is 5. The smallest absolute Gasteiger partial charge is 0.0373 e. The summed E-state index contributed by atoms with van der Waals surface area (Å²) in [7, 11) is 0. The molecule has 0 aliphatic carbocycles. The number of benzene rings is 3. The van der Waals surface area contributed by atoms with E-state index in [1.165, 1.54) is 34.4 Å². The highest BCUT2D eigenvalue weighted by molar-refractivity contribution is 5.57. The molecule has 2 heterocycles. The van der Waals surface area contributed by atoms with Crippen LogP contribution in [0, 0.1) is 0 Å².